The molecule has 4 heteroatoms. The molecule has 0 aliphatic heterocycles. The second-order valence-corrected chi connectivity index (χ2v) is 4.85. The molecule has 0 radical (unpaired) electrons. The lowest BCUT2D eigenvalue weighted by Gasteiger charge is -2.20. The van der Waals surface area contributed by atoms with Crippen LogP contribution in [0.4, 0.5) is 0 Å². The molecule has 1 atom stereocenters. The van der Waals surface area contributed by atoms with E-state index in [2.05, 4.69) is 35.5 Å². The number of aryl methyl sites for hydroxylation is 1. The molecule has 0 spiro atoms. The summed E-state index contributed by atoms with van der Waals surface area (Å²) in [4.78, 5) is 0. The van der Waals surface area contributed by atoms with E-state index in [4.69, 9.17) is 4.74 Å². The van der Waals surface area contributed by atoms with Crippen LogP contribution in [0.3, 0.4) is 0 Å². The van der Waals surface area contributed by atoms with Crippen LogP contribution >= 0.6 is 0 Å². The van der Waals surface area contributed by atoms with Gasteiger partial charge in [-0.3, -0.25) is 4.68 Å². The van der Waals surface area contributed by atoms with Gasteiger partial charge >= 0.3 is 0 Å². The van der Waals surface area contributed by atoms with Crippen LogP contribution in [0.2, 0.25) is 0 Å². The lowest BCUT2D eigenvalue weighted by atomic mass is 10.0. The Balaban J connectivity index is 1.97. The largest absolute Gasteiger partial charge is 0.496 e. The second kappa shape index (κ2) is 7.10. The van der Waals surface area contributed by atoms with Gasteiger partial charge in [-0.05, 0) is 18.6 Å². The lowest BCUT2D eigenvalue weighted by Crippen LogP contribution is -2.24. The monoisotopic (exact) mass is 273 g/mol. The topological polar surface area (TPSA) is 39.1 Å². The number of para-hydroxylation sites is 1. The number of ether oxygens (including phenoxy) is 1. The van der Waals surface area contributed by atoms with Crippen LogP contribution in [-0.4, -0.2) is 23.4 Å². The number of hydrogen-bond acceptors (Lipinski definition) is 3. The second-order valence-electron chi connectivity index (χ2n) is 4.85. The van der Waals surface area contributed by atoms with Gasteiger partial charge in [0.2, 0.25) is 0 Å². The molecule has 0 bridgehead atoms. The summed E-state index contributed by atoms with van der Waals surface area (Å²) in [5, 5.41) is 7.79. The first-order chi connectivity index (χ1) is 9.76. The smallest absolute Gasteiger partial charge is 0.123 e. The molecule has 2 aromatic rings. The van der Waals surface area contributed by atoms with E-state index in [1.165, 1.54) is 11.3 Å². The van der Waals surface area contributed by atoms with Crippen LogP contribution < -0.4 is 10.1 Å². The van der Waals surface area contributed by atoms with Crippen molar-refractivity contribution in [3.8, 4) is 5.75 Å². The van der Waals surface area contributed by atoms with Gasteiger partial charge in [0.1, 0.15) is 5.75 Å². The molecular formula is C16H23N3O. The van der Waals surface area contributed by atoms with Gasteiger partial charge in [0.15, 0.2) is 0 Å². The summed E-state index contributed by atoms with van der Waals surface area (Å²) in [6.07, 6.45) is 3.85. The third-order valence-corrected chi connectivity index (χ3v) is 3.62. The first kappa shape index (κ1) is 14.6. The number of hydrogen-bond donors (Lipinski definition) is 1. The van der Waals surface area contributed by atoms with E-state index in [0.29, 0.717) is 6.04 Å². The van der Waals surface area contributed by atoms with Crippen molar-refractivity contribution in [2.24, 2.45) is 7.05 Å². The van der Waals surface area contributed by atoms with Crippen molar-refractivity contribution in [3.63, 3.8) is 0 Å². The van der Waals surface area contributed by atoms with Crippen LogP contribution in [0.15, 0.2) is 36.5 Å². The van der Waals surface area contributed by atoms with Crippen molar-refractivity contribution in [3.05, 3.63) is 47.8 Å². The third kappa shape index (κ3) is 3.39. The Morgan fingerprint density at radius 1 is 1.30 bits per heavy atom. The van der Waals surface area contributed by atoms with Gasteiger partial charge in [-0.25, -0.2) is 0 Å². The van der Waals surface area contributed by atoms with E-state index in [0.717, 1.165) is 25.1 Å². The first-order valence-corrected chi connectivity index (χ1v) is 7.09. The molecule has 0 fully saturated rings. The number of benzene rings is 1. The highest BCUT2D eigenvalue weighted by atomic mass is 16.5. The molecule has 0 saturated heterocycles. The molecule has 108 valence electrons. The van der Waals surface area contributed by atoms with Crippen LogP contribution in [0.1, 0.15) is 30.6 Å². The molecule has 0 amide bonds. The summed E-state index contributed by atoms with van der Waals surface area (Å²) in [6.45, 7) is 3.12. The highest BCUT2D eigenvalue weighted by molar-refractivity contribution is 5.35. The number of rotatable bonds is 7. The predicted octanol–water partition coefficient (Wildman–Crippen LogP) is 2.71. The molecule has 0 saturated carbocycles. The highest BCUT2D eigenvalue weighted by Crippen LogP contribution is 2.26. The van der Waals surface area contributed by atoms with E-state index in [-0.39, 0.29) is 0 Å². The van der Waals surface area contributed by atoms with E-state index >= 15 is 0 Å². The van der Waals surface area contributed by atoms with Gasteiger partial charge in [-0.2, -0.15) is 5.10 Å². The minimum absolute atomic E-state index is 0.319. The number of aromatic nitrogens is 2. The average molecular weight is 273 g/mol. The Hall–Kier alpha value is -1.81. The maximum absolute atomic E-state index is 5.45. The highest BCUT2D eigenvalue weighted by Gasteiger charge is 2.13. The minimum atomic E-state index is 0.319. The Morgan fingerprint density at radius 3 is 2.75 bits per heavy atom. The van der Waals surface area contributed by atoms with Crippen molar-refractivity contribution in [2.45, 2.75) is 25.8 Å². The standard InChI is InChI=1S/C16H23N3O/c1-4-15(14-7-5-6-8-16(14)20-3)17-11-9-13-10-12-18-19(13)2/h5-8,10,12,15,17H,4,9,11H2,1-3H3. The zero-order valence-electron chi connectivity index (χ0n) is 12.5. The van der Waals surface area contributed by atoms with E-state index in [1.54, 1.807) is 7.11 Å². The number of nitrogens with zero attached hydrogens (tertiary/aromatic N) is 2. The fourth-order valence-electron chi connectivity index (χ4n) is 2.45. The summed E-state index contributed by atoms with van der Waals surface area (Å²) in [6, 6.07) is 10.6. The van der Waals surface area contributed by atoms with E-state index in [1.807, 2.05) is 30.1 Å². The molecular weight excluding hydrogens is 250 g/mol. The van der Waals surface area contributed by atoms with Crippen molar-refractivity contribution in [1.29, 1.82) is 0 Å². The predicted molar refractivity (Wildman–Crippen MR) is 80.9 cm³/mol. The lowest BCUT2D eigenvalue weighted by molar-refractivity contribution is 0.397. The zero-order chi connectivity index (χ0) is 14.4. The molecule has 1 aromatic carbocycles. The molecule has 1 N–H and O–H groups in total. The maximum Gasteiger partial charge on any atom is 0.123 e. The molecule has 2 rings (SSSR count). The quantitative estimate of drug-likeness (QED) is 0.843. The van der Waals surface area contributed by atoms with Crippen LogP contribution in [0.25, 0.3) is 0 Å². The SMILES string of the molecule is CCC(NCCc1ccnn1C)c1ccccc1OC. The van der Waals surface area contributed by atoms with Crippen molar-refractivity contribution in [1.82, 2.24) is 15.1 Å². The summed E-state index contributed by atoms with van der Waals surface area (Å²) in [7, 11) is 3.70. The van der Waals surface area contributed by atoms with Crippen molar-refractivity contribution >= 4 is 0 Å². The minimum Gasteiger partial charge on any atom is -0.496 e. The first-order valence-electron chi connectivity index (χ1n) is 7.09. The number of methoxy groups -OCH3 is 1. The van der Waals surface area contributed by atoms with Gasteiger partial charge in [0.05, 0.1) is 7.11 Å². The molecule has 1 heterocycles. The molecule has 1 aromatic heterocycles. The Morgan fingerprint density at radius 2 is 2.10 bits per heavy atom. The van der Waals surface area contributed by atoms with E-state index in [9.17, 15) is 0 Å². The molecule has 1 unspecified atom stereocenters. The summed E-state index contributed by atoms with van der Waals surface area (Å²) < 4.78 is 7.37. The van der Waals surface area contributed by atoms with Gasteiger partial charge < -0.3 is 10.1 Å². The van der Waals surface area contributed by atoms with Crippen LogP contribution in [0.5, 0.6) is 5.75 Å². The number of nitrogens with one attached hydrogen (secondary N) is 1. The maximum atomic E-state index is 5.45. The summed E-state index contributed by atoms with van der Waals surface area (Å²) in [5.41, 5.74) is 2.47. The van der Waals surface area contributed by atoms with Crippen LogP contribution in [-0.2, 0) is 13.5 Å². The fraction of sp³-hybridized carbons (Fsp3) is 0.438. The molecule has 0 aliphatic carbocycles. The van der Waals surface area contributed by atoms with Crippen LogP contribution in [0, 0.1) is 0 Å². The third-order valence-electron chi connectivity index (χ3n) is 3.62. The Kier molecular flexibility index (Phi) is 5.18. The van der Waals surface area contributed by atoms with Gasteiger partial charge in [-0.15, -0.1) is 0 Å². The van der Waals surface area contributed by atoms with E-state index < -0.39 is 0 Å². The normalized spacial score (nSPS) is 12.3. The Bertz CT molecular complexity index is 536. The van der Waals surface area contributed by atoms with Crippen molar-refractivity contribution < 1.29 is 4.74 Å². The summed E-state index contributed by atoms with van der Waals surface area (Å²) >= 11 is 0. The average Bonchev–Trinajstić information content (AvgIpc) is 2.89. The fourth-order valence-corrected chi connectivity index (χ4v) is 2.45. The Labute approximate surface area is 120 Å². The summed E-state index contributed by atoms with van der Waals surface area (Å²) in [5.74, 6) is 0.951. The van der Waals surface area contributed by atoms with Gasteiger partial charge in [0.25, 0.3) is 0 Å². The molecule has 0 aliphatic rings. The van der Waals surface area contributed by atoms with Gasteiger partial charge in [-0.1, -0.05) is 25.1 Å². The van der Waals surface area contributed by atoms with Crippen molar-refractivity contribution in [2.75, 3.05) is 13.7 Å². The molecule has 20 heavy (non-hydrogen) atoms. The zero-order valence-corrected chi connectivity index (χ0v) is 12.5. The molecule has 4 nitrogen and oxygen atoms in total. The van der Waals surface area contributed by atoms with Gasteiger partial charge in [0, 0.05) is 43.5 Å².